The molecule has 7 heteroatoms. The minimum atomic E-state index is -4.54. The number of aliphatic carboxylic acids is 1. The minimum Gasteiger partial charge on any atom is -0.481 e. The van der Waals surface area contributed by atoms with Crippen molar-refractivity contribution in [3.63, 3.8) is 0 Å². The lowest BCUT2D eigenvalue weighted by molar-refractivity contribution is -0.171. The lowest BCUT2D eigenvalue weighted by Gasteiger charge is -2.31. The van der Waals surface area contributed by atoms with Crippen molar-refractivity contribution in [3.05, 3.63) is 0 Å². The average molecular weight is 269 g/mol. The molecule has 106 valence electrons. The highest BCUT2D eigenvalue weighted by atomic mass is 19.4. The second kappa shape index (κ2) is 5.58. The summed E-state index contributed by atoms with van der Waals surface area (Å²) in [4.78, 5) is 23.4. The first-order chi connectivity index (χ1) is 7.90. The zero-order valence-corrected chi connectivity index (χ0v) is 10.8. The van der Waals surface area contributed by atoms with E-state index in [0.717, 1.165) is 0 Å². The summed E-state index contributed by atoms with van der Waals surface area (Å²) in [5.74, 6) is -3.90. The Labute approximate surface area is 104 Å². The van der Waals surface area contributed by atoms with Gasteiger partial charge in [0.1, 0.15) is 12.5 Å². The first kappa shape index (κ1) is 16.7. The van der Waals surface area contributed by atoms with E-state index < -0.39 is 35.9 Å². The lowest BCUT2D eigenvalue weighted by atomic mass is 9.80. The van der Waals surface area contributed by atoms with Crippen molar-refractivity contribution in [3.8, 4) is 0 Å². The Morgan fingerprint density at radius 2 is 1.67 bits per heavy atom. The number of hydrogen-bond acceptors (Lipinski definition) is 2. The van der Waals surface area contributed by atoms with E-state index in [-0.39, 0.29) is 6.54 Å². The number of carboxylic acids is 1. The minimum absolute atomic E-state index is 0.182. The standard InChI is InChI=1S/C11H18F3NO3/c1-5-15(6-11(12,13)14)8(16)7(9(17)18)10(2,3)4/h7H,5-6H2,1-4H3,(H,17,18). The fraction of sp³-hybridized carbons (Fsp3) is 0.818. The summed E-state index contributed by atoms with van der Waals surface area (Å²) in [5.41, 5.74) is -0.943. The quantitative estimate of drug-likeness (QED) is 0.795. The van der Waals surface area contributed by atoms with Gasteiger partial charge < -0.3 is 10.0 Å². The molecule has 4 nitrogen and oxygen atoms in total. The Bertz CT molecular complexity index is 320. The number of amides is 1. The molecule has 1 N–H and O–H groups in total. The van der Waals surface area contributed by atoms with Crippen molar-refractivity contribution in [1.82, 2.24) is 4.90 Å². The fourth-order valence-corrected chi connectivity index (χ4v) is 1.59. The Morgan fingerprint density at radius 1 is 1.22 bits per heavy atom. The maximum atomic E-state index is 12.3. The summed E-state index contributed by atoms with van der Waals surface area (Å²) >= 11 is 0. The van der Waals surface area contributed by atoms with Crippen LogP contribution < -0.4 is 0 Å². The SMILES string of the molecule is CCN(CC(F)(F)F)C(=O)C(C(=O)O)C(C)(C)C. The van der Waals surface area contributed by atoms with E-state index in [4.69, 9.17) is 5.11 Å². The van der Waals surface area contributed by atoms with Crippen molar-refractivity contribution < 1.29 is 27.9 Å². The third kappa shape index (κ3) is 4.93. The van der Waals surface area contributed by atoms with Crippen LogP contribution >= 0.6 is 0 Å². The normalized spacial score (nSPS) is 14.2. The highest BCUT2D eigenvalue weighted by molar-refractivity contribution is 5.97. The number of carboxylic acid groups (broad SMARTS) is 1. The van der Waals surface area contributed by atoms with Crippen LogP contribution in [-0.4, -0.2) is 41.1 Å². The monoisotopic (exact) mass is 269 g/mol. The van der Waals surface area contributed by atoms with E-state index >= 15 is 0 Å². The fourth-order valence-electron chi connectivity index (χ4n) is 1.59. The summed E-state index contributed by atoms with van der Waals surface area (Å²) in [7, 11) is 0. The van der Waals surface area contributed by atoms with E-state index in [0.29, 0.717) is 4.90 Å². The molecule has 1 amide bonds. The van der Waals surface area contributed by atoms with Gasteiger partial charge in [0.2, 0.25) is 5.91 Å². The van der Waals surface area contributed by atoms with Crippen LogP contribution in [0.3, 0.4) is 0 Å². The van der Waals surface area contributed by atoms with Gasteiger partial charge in [-0.15, -0.1) is 0 Å². The largest absolute Gasteiger partial charge is 0.481 e. The molecule has 0 fully saturated rings. The molecule has 0 saturated carbocycles. The number of alkyl halides is 3. The molecule has 0 spiro atoms. The Hall–Kier alpha value is -1.27. The van der Waals surface area contributed by atoms with E-state index in [2.05, 4.69) is 0 Å². The topological polar surface area (TPSA) is 57.6 Å². The van der Waals surface area contributed by atoms with Crippen LogP contribution in [0.2, 0.25) is 0 Å². The summed E-state index contributed by atoms with van der Waals surface area (Å²) < 4.78 is 36.8. The third-order valence-electron chi connectivity index (χ3n) is 2.42. The van der Waals surface area contributed by atoms with E-state index in [1.54, 1.807) is 0 Å². The zero-order chi connectivity index (χ0) is 14.7. The number of carbonyl (C=O) groups is 2. The maximum absolute atomic E-state index is 12.3. The van der Waals surface area contributed by atoms with Gasteiger partial charge in [0.25, 0.3) is 0 Å². The van der Waals surface area contributed by atoms with Crippen LogP contribution in [0.4, 0.5) is 13.2 Å². The first-order valence-electron chi connectivity index (χ1n) is 5.48. The third-order valence-corrected chi connectivity index (χ3v) is 2.42. The van der Waals surface area contributed by atoms with Gasteiger partial charge in [-0.05, 0) is 12.3 Å². The Kier molecular flexibility index (Phi) is 5.19. The molecule has 0 aromatic carbocycles. The molecule has 0 aromatic rings. The predicted molar refractivity (Wildman–Crippen MR) is 58.9 cm³/mol. The lowest BCUT2D eigenvalue weighted by Crippen LogP contribution is -2.48. The average Bonchev–Trinajstić information content (AvgIpc) is 2.09. The molecular weight excluding hydrogens is 251 g/mol. The molecule has 0 aromatic heterocycles. The highest BCUT2D eigenvalue weighted by Crippen LogP contribution is 2.29. The van der Waals surface area contributed by atoms with Crippen LogP contribution in [0.15, 0.2) is 0 Å². The van der Waals surface area contributed by atoms with Crippen LogP contribution in [0, 0.1) is 11.3 Å². The molecule has 0 bridgehead atoms. The Morgan fingerprint density at radius 3 is 1.89 bits per heavy atom. The number of hydrogen-bond donors (Lipinski definition) is 1. The molecule has 1 unspecified atom stereocenters. The maximum Gasteiger partial charge on any atom is 0.406 e. The van der Waals surface area contributed by atoms with Gasteiger partial charge in [-0.25, -0.2) is 0 Å². The molecular formula is C11H18F3NO3. The molecule has 1 atom stereocenters. The van der Waals surface area contributed by atoms with Crippen LogP contribution in [0.1, 0.15) is 27.7 Å². The van der Waals surface area contributed by atoms with Crippen molar-refractivity contribution in [2.45, 2.75) is 33.9 Å². The molecule has 0 aliphatic heterocycles. The second-order valence-corrected chi connectivity index (χ2v) is 5.10. The summed E-state index contributed by atoms with van der Waals surface area (Å²) in [5, 5.41) is 8.99. The van der Waals surface area contributed by atoms with Gasteiger partial charge in [0.05, 0.1) is 0 Å². The van der Waals surface area contributed by atoms with Gasteiger partial charge in [-0.2, -0.15) is 13.2 Å². The molecule has 0 aliphatic carbocycles. The van der Waals surface area contributed by atoms with Crippen molar-refractivity contribution in [2.24, 2.45) is 11.3 Å². The van der Waals surface area contributed by atoms with Crippen LogP contribution in [-0.2, 0) is 9.59 Å². The molecule has 0 radical (unpaired) electrons. The van der Waals surface area contributed by atoms with Crippen molar-refractivity contribution in [1.29, 1.82) is 0 Å². The zero-order valence-electron chi connectivity index (χ0n) is 10.8. The summed E-state index contributed by atoms with van der Waals surface area (Å²) in [6.07, 6.45) is -4.54. The van der Waals surface area contributed by atoms with Crippen LogP contribution in [0.5, 0.6) is 0 Å². The Balaban J connectivity index is 5.12. The van der Waals surface area contributed by atoms with Gasteiger partial charge in [-0.3, -0.25) is 9.59 Å². The number of nitrogens with zero attached hydrogens (tertiary/aromatic N) is 1. The number of halogens is 3. The van der Waals surface area contributed by atoms with E-state index in [1.807, 2.05) is 0 Å². The number of carbonyl (C=O) groups excluding carboxylic acids is 1. The van der Waals surface area contributed by atoms with Gasteiger partial charge >= 0.3 is 12.1 Å². The van der Waals surface area contributed by atoms with Gasteiger partial charge in [-0.1, -0.05) is 20.8 Å². The van der Waals surface area contributed by atoms with E-state index in [1.165, 1.54) is 27.7 Å². The molecule has 18 heavy (non-hydrogen) atoms. The number of rotatable bonds is 4. The molecule has 0 saturated heterocycles. The highest BCUT2D eigenvalue weighted by Gasteiger charge is 2.42. The molecule has 0 heterocycles. The van der Waals surface area contributed by atoms with Crippen LogP contribution in [0.25, 0.3) is 0 Å². The van der Waals surface area contributed by atoms with Gasteiger partial charge in [0, 0.05) is 6.54 Å². The van der Waals surface area contributed by atoms with Gasteiger partial charge in [0.15, 0.2) is 0 Å². The van der Waals surface area contributed by atoms with E-state index in [9.17, 15) is 22.8 Å². The molecule has 0 rings (SSSR count). The summed E-state index contributed by atoms with van der Waals surface area (Å²) in [6, 6.07) is 0. The van der Waals surface area contributed by atoms with Crippen molar-refractivity contribution in [2.75, 3.05) is 13.1 Å². The molecule has 0 aliphatic rings. The summed E-state index contributed by atoms with van der Waals surface area (Å²) in [6.45, 7) is 4.28. The second-order valence-electron chi connectivity index (χ2n) is 5.10. The smallest absolute Gasteiger partial charge is 0.406 e. The van der Waals surface area contributed by atoms with Crippen molar-refractivity contribution >= 4 is 11.9 Å². The predicted octanol–water partition coefficient (Wildman–Crippen LogP) is 2.14. The first-order valence-corrected chi connectivity index (χ1v) is 5.48.